The Bertz CT molecular complexity index is 876. The lowest BCUT2D eigenvalue weighted by molar-refractivity contribution is -0.899. The summed E-state index contributed by atoms with van der Waals surface area (Å²) in [5, 5.41) is 43.7. The molecule has 0 radical (unpaired) electrons. The number of allylic oxidation sites excluding steroid dienone is 1. The highest BCUT2D eigenvalue weighted by Gasteiger charge is 2.42. The number of nitrogens with zero attached hydrogens (tertiary/aromatic N) is 2. The number of benzene rings is 1. The molecule has 8 heteroatoms. The number of anilines is 2. The molecule has 0 heterocycles. The largest absolute Gasteiger partial charge is 0.396 e. The second kappa shape index (κ2) is 19.3. The minimum atomic E-state index is -0.190. The van der Waals surface area contributed by atoms with E-state index in [9.17, 15) is 15.3 Å². The Morgan fingerprint density at radius 3 is 1.83 bits per heavy atom. The number of nitrogens with one attached hydrogen (secondary N) is 1. The molecule has 7 N–H and O–H groups in total. The van der Waals surface area contributed by atoms with Crippen LogP contribution in [0, 0.1) is 5.41 Å². The van der Waals surface area contributed by atoms with Crippen LogP contribution in [0.2, 0.25) is 0 Å². The van der Waals surface area contributed by atoms with Gasteiger partial charge in [-0.25, -0.2) is 5.01 Å². The van der Waals surface area contributed by atoms with Crippen LogP contribution >= 0.6 is 0 Å². The minimum Gasteiger partial charge on any atom is -0.396 e. The number of unbranched alkanes of at least 4 members (excludes halogenated alkanes) is 7. The van der Waals surface area contributed by atoms with Gasteiger partial charge in [-0.15, -0.1) is 0 Å². The topological polar surface area (TPSA) is 122 Å². The number of hydrogen-bond donors (Lipinski definition) is 6. The van der Waals surface area contributed by atoms with E-state index in [-0.39, 0.29) is 37.9 Å². The molecule has 0 aliphatic heterocycles. The molecule has 0 saturated heterocycles. The van der Waals surface area contributed by atoms with Crippen LogP contribution in [-0.4, -0.2) is 83.7 Å². The van der Waals surface area contributed by atoms with Gasteiger partial charge in [0.2, 0.25) is 0 Å². The van der Waals surface area contributed by atoms with Gasteiger partial charge in [0.25, 0.3) is 0 Å². The summed E-state index contributed by atoms with van der Waals surface area (Å²) in [6.45, 7) is 8.68. The van der Waals surface area contributed by atoms with Gasteiger partial charge in [0.1, 0.15) is 13.1 Å². The van der Waals surface area contributed by atoms with Crippen LogP contribution in [0.25, 0.3) is 0 Å². The quantitative estimate of drug-likeness (QED) is 0.0635. The van der Waals surface area contributed by atoms with E-state index in [1.807, 2.05) is 0 Å². The van der Waals surface area contributed by atoms with Crippen molar-refractivity contribution in [3.05, 3.63) is 48.2 Å². The first-order valence-electron chi connectivity index (χ1n) is 15.9. The summed E-state index contributed by atoms with van der Waals surface area (Å²) in [4.78, 5) is 0. The van der Waals surface area contributed by atoms with Gasteiger partial charge in [-0.2, -0.15) is 4.59 Å². The first-order valence-corrected chi connectivity index (χ1v) is 15.9. The van der Waals surface area contributed by atoms with E-state index in [1.165, 1.54) is 5.70 Å². The van der Waals surface area contributed by atoms with Crippen LogP contribution in [0.4, 0.5) is 11.4 Å². The highest BCUT2D eigenvalue weighted by molar-refractivity contribution is 5.54. The molecule has 0 saturated carbocycles. The first kappa shape index (κ1) is 35.3. The second-order valence-corrected chi connectivity index (χ2v) is 12.0. The number of nitrogens with two attached hydrogens (primary N) is 1. The third-order valence-electron chi connectivity index (χ3n) is 8.28. The Labute approximate surface area is 249 Å². The third kappa shape index (κ3) is 11.3. The Hall–Kier alpha value is -1.94. The van der Waals surface area contributed by atoms with E-state index in [4.69, 9.17) is 10.8 Å². The van der Waals surface area contributed by atoms with Gasteiger partial charge in [0.05, 0.1) is 12.2 Å². The molecule has 0 amide bonds. The van der Waals surface area contributed by atoms with Crippen molar-refractivity contribution >= 4 is 11.4 Å². The van der Waals surface area contributed by atoms with Gasteiger partial charge in [0.15, 0.2) is 5.70 Å². The van der Waals surface area contributed by atoms with Crippen molar-refractivity contribution in [1.29, 1.82) is 0 Å². The fourth-order valence-corrected chi connectivity index (χ4v) is 5.62. The fourth-order valence-electron chi connectivity index (χ4n) is 5.62. The number of aliphatic hydroxyl groups excluding tert-OH is 4. The summed E-state index contributed by atoms with van der Waals surface area (Å²) in [6, 6.07) is 8.65. The Morgan fingerprint density at radius 1 is 0.756 bits per heavy atom. The number of rotatable bonds is 23. The zero-order chi connectivity index (χ0) is 30.0. The molecule has 2 rings (SSSR count). The summed E-state index contributed by atoms with van der Waals surface area (Å²) in [5.74, 6) is 0. The van der Waals surface area contributed by atoms with Crippen LogP contribution in [0.3, 0.4) is 0 Å². The Morgan fingerprint density at radius 2 is 1.29 bits per heavy atom. The molecule has 1 aromatic rings. The van der Waals surface area contributed by atoms with E-state index in [1.54, 1.807) is 0 Å². The monoisotopic (exact) mass is 575 g/mol. The van der Waals surface area contributed by atoms with Crippen LogP contribution in [0.1, 0.15) is 84.5 Å². The normalized spacial score (nSPS) is 16.6. The van der Waals surface area contributed by atoms with Gasteiger partial charge in [0, 0.05) is 50.1 Å². The molecular weight excluding hydrogens is 516 g/mol. The first-order chi connectivity index (χ1) is 19.8. The predicted octanol–water partition coefficient (Wildman–Crippen LogP) is 4.70. The highest BCUT2D eigenvalue weighted by atomic mass is 16.3. The molecule has 1 aliphatic rings. The van der Waals surface area contributed by atoms with E-state index in [0.717, 1.165) is 108 Å². The lowest BCUT2D eigenvalue weighted by Gasteiger charge is -2.49. The summed E-state index contributed by atoms with van der Waals surface area (Å²) < 4.78 is 0.656. The highest BCUT2D eigenvalue weighted by Crippen LogP contribution is 2.38. The molecule has 1 aromatic carbocycles. The maximum absolute atomic E-state index is 9.64. The third-order valence-corrected chi connectivity index (χ3v) is 8.28. The predicted molar refractivity (Wildman–Crippen MR) is 170 cm³/mol. The molecule has 8 nitrogen and oxygen atoms in total. The van der Waals surface area contributed by atoms with Crippen LogP contribution < -0.4 is 16.1 Å². The smallest absolute Gasteiger partial charge is 0.153 e. The lowest BCUT2D eigenvalue weighted by Crippen LogP contribution is -2.62. The molecule has 41 heavy (non-hydrogen) atoms. The standard InChI is InChI=1S/C33H59N4O4/c1-33(2)28-31(18-19-32(33)34)37(22-8-4-11-25-39,23-9-5-12-26-40)36(21-7-13-27-41)30-16-14-29(15-17-30)35-20-6-3-10-24-38/h14-19,28,32,35,38-41H,3-13,20-27,34H2,1-2H3/q+1. The van der Waals surface area contributed by atoms with Crippen molar-refractivity contribution in [2.75, 3.05) is 62.9 Å². The summed E-state index contributed by atoms with van der Waals surface area (Å²) in [6.07, 6.45) is 16.6. The van der Waals surface area contributed by atoms with Crippen LogP contribution in [-0.2, 0) is 0 Å². The van der Waals surface area contributed by atoms with Crippen molar-refractivity contribution in [1.82, 2.24) is 0 Å². The van der Waals surface area contributed by atoms with Crippen molar-refractivity contribution < 1.29 is 25.0 Å². The molecular formula is C33H59N4O4+. The summed E-state index contributed by atoms with van der Waals surface area (Å²) in [7, 11) is 0. The van der Waals surface area contributed by atoms with E-state index < -0.39 is 0 Å². The minimum absolute atomic E-state index is 0.0532. The molecule has 1 unspecified atom stereocenters. The van der Waals surface area contributed by atoms with Crippen molar-refractivity contribution in [2.45, 2.75) is 90.5 Å². The average Bonchev–Trinajstić information content (AvgIpc) is 2.97. The van der Waals surface area contributed by atoms with Gasteiger partial charge in [-0.1, -0.05) is 19.9 Å². The number of hydrogen-bond acceptors (Lipinski definition) is 7. The van der Waals surface area contributed by atoms with Crippen molar-refractivity contribution in [3.63, 3.8) is 0 Å². The van der Waals surface area contributed by atoms with Crippen molar-refractivity contribution in [2.24, 2.45) is 11.1 Å². The van der Waals surface area contributed by atoms with E-state index in [2.05, 4.69) is 66.7 Å². The van der Waals surface area contributed by atoms with E-state index >= 15 is 0 Å². The Kier molecular flexibility index (Phi) is 16.6. The molecule has 1 aliphatic carbocycles. The maximum Gasteiger partial charge on any atom is 0.153 e. The zero-order valence-electron chi connectivity index (χ0n) is 25.8. The van der Waals surface area contributed by atoms with Gasteiger partial charge < -0.3 is 31.5 Å². The van der Waals surface area contributed by atoms with Crippen molar-refractivity contribution in [3.8, 4) is 0 Å². The fraction of sp³-hybridized carbons (Fsp3) is 0.697. The van der Waals surface area contributed by atoms with Gasteiger partial charge in [-0.05, 0) is 107 Å². The Balaban J connectivity index is 2.51. The number of quaternary nitrogens is 1. The second-order valence-electron chi connectivity index (χ2n) is 12.0. The SMILES string of the molecule is CC1(C)C=C([N+](CCCCCO)(CCCCCO)N(CCCCO)c2ccc(NCCCCCO)cc2)C=CC1N. The van der Waals surface area contributed by atoms with Gasteiger partial charge in [-0.3, -0.25) is 0 Å². The maximum atomic E-state index is 9.64. The zero-order valence-corrected chi connectivity index (χ0v) is 25.8. The average molecular weight is 576 g/mol. The molecule has 1 atom stereocenters. The molecule has 0 aromatic heterocycles. The summed E-state index contributed by atoms with van der Waals surface area (Å²) >= 11 is 0. The molecule has 0 fully saturated rings. The molecule has 0 spiro atoms. The van der Waals surface area contributed by atoms with E-state index in [0.29, 0.717) is 4.59 Å². The number of aliphatic hydroxyl groups is 4. The summed E-state index contributed by atoms with van der Waals surface area (Å²) in [5.41, 5.74) is 9.78. The van der Waals surface area contributed by atoms with Crippen LogP contribution in [0.5, 0.6) is 0 Å². The van der Waals surface area contributed by atoms with Crippen LogP contribution in [0.15, 0.2) is 48.2 Å². The van der Waals surface area contributed by atoms with Gasteiger partial charge >= 0.3 is 0 Å². The molecule has 0 bridgehead atoms. The lowest BCUT2D eigenvalue weighted by atomic mass is 9.80. The molecule has 234 valence electrons.